The minimum Gasteiger partial charge on any atom is -0.460 e. The zero-order valence-electron chi connectivity index (χ0n) is 14.2. The van der Waals surface area contributed by atoms with E-state index in [0.717, 1.165) is 37.5 Å². The predicted octanol–water partition coefficient (Wildman–Crippen LogP) is 3.34. The van der Waals surface area contributed by atoms with Crippen molar-refractivity contribution >= 4 is 11.0 Å². The van der Waals surface area contributed by atoms with Gasteiger partial charge in [0.2, 0.25) is 0 Å². The number of aryl methyl sites for hydroxylation is 2. The van der Waals surface area contributed by atoms with Crippen LogP contribution in [-0.4, -0.2) is 22.9 Å². The second-order valence-electron chi connectivity index (χ2n) is 6.67. The summed E-state index contributed by atoms with van der Waals surface area (Å²) in [5.41, 5.74) is 3.38. The van der Waals surface area contributed by atoms with Crippen molar-refractivity contribution in [2.24, 2.45) is 13.0 Å². The molecule has 24 heavy (non-hydrogen) atoms. The number of rotatable bonds is 5. The maximum absolute atomic E-state index is 5.91. The van der Waals surface area contributed by atoms with Crippen molar-refractivity contribution in [3.63, 3.8) is 0 Å². The van der Waals surface area contributed by atoms with Gasteiger partial charge in [-0.05, 0) is 31.5 Å². The Morgan fingerprint density at radius 2 is 2.25 bits per heavy atom. The Balaban J connectivity index is 1.37. The number of furan rings is 1. The lowest BCUT2D eigenvalue weighted by Gasteiger charge is -2.17. The highest BCUT2D eigenvalue weighted by atomic mass is 16.5. The molecule has 1 N–H and O–H groups in total. The van der Waals surface area contributed by atoms with Crippen molar-refractivity contribution in [1.29, 1.82) is 0 Å². The molecule has 5 nitrogen and oxygen atoms in total. The van der Waals surface area contributed by atoms with Gasteiger partial charge in [0.25, 0.3) is 0 Å². The van der Waals surface area contributed by atoms with Gasteiger partial charge in [0.1, 0.15) is 11.3 Å². The number of hydrogen-bond acceptors (Lipinski definition) is 4. The smallest absolute Gasteiger partial charge is 0.134 e. The number of aromatic nitrogens is 2. The molecule has 5 heteroatoms. The van der Waals surface area contributed by atoms with Crippen LogP contribution in [-0.2, 0) is 18.3 Å². The third-order valence-corrected chi connectivity index (χ3v) is 4.70. The first kappa shape index (κ1) is 15.4. The molecule has 126 valence electrons. The normalized spacial score (nSPS) is 20.9. The summed E-state index contributed by atoms with van der Waals surface area (Å²) in [6.07, 6.45) is 5.17. The van der Waals surface area contributed by atoms with Gasteiger partial charge in [-0.1, -0.05) is 11.6 Å². The summed E-state index contributed by atoms with van der Waals surface area (Å²) in [4.78, 5) is 0. The fourth-order valence-corrected chi connectivity index (χ4v) is 3.48. The van der Waals surface area contributed by atoms with E-state index in [1.54, 1.807) is 0 Å². The van der Waals surface area contributed by atoms with E-state index in [2.05, 4.69) is 35.5 Å². The maximum atomic E-state index is 5.91. The van der Waals surface area contributed by atoms with Gasteiger partial charge in [-0.2, -0.15) is 5.10 Å². The summed E-state index contributed by atoms with van der Waals surface area (Å²) >= 11 is 0. The molecule has 0 unspecified atom stereocenters. The summed E-state index contributed by atoms with van der Waals surface area (Å²) < 4.78 is 13.6. The van der Waals surface area contributed by atoms with Crippen LogP contribution in [0.4, 0.5) is 0 Å². The van der Waals surface area contributed by atoms with E-state index in [4.69, 9.17) is 9.15 Å². The van der Waals surface area contributed by atoms with Crippen LogP contribution in [0.3, 0.4) is 0 Å². The third kappa shape index (κ3) is 3.09. The molecule has 3 heterocycles. The highest BCUT2D eigenvalue weighted by Gasteiger charge is 2.30. The largest absolute Gasteiger partial charge is 0.460 e. The molecule has 3 aromatic rings. The molecular weight excluding hydrogens is 302 g/mol. The summed E-state index contributed by atoms with van der Waals surface area (Å²) in [6, 6.07) is 8.40. The Morgan fingerprint density at radius 3 is 3.08 bits per heavy atom. The number of fused-ring (bicyclic) bond motifs is 1. The summed E-state index contributed by atoms with van der Waals surface area (Å²) in [6.45, 7) is 4.57. The van der Waals surface area contributed by atoms with E-state index in [1.165, 1.54) is 16.5 Å². The molecule has 0 amide bonds. The molecule has 0 aliphatic carbocycles. The Kier molecular flexibility index (Phi) is 4.12. The fourth-order valence-electron chi connectivity index (χ4n) is 3.48. The van der Waals surface area contributed by atoms with Crippen molar-refractivity contribution in [3.8, 4) is 0 Å². The lowest BCUT2D eigenvalue weighted by atomic mass is 9.97. The minimum absolute atomic E-state index is 0.143. The Hall–Kier alpha value is -2.11. The zero-order chi connectivity index (χ0) is 16.5. The van der Waals surface area contributed by atoms with Gasteiger partial charge in [0.05, 0.1) is 18.8 Å². The number of benzene rings is 1. The molecule has 0 bridgehead atoms. The Morgan fingerprint density at radius 1 is 1.33 bits per heavy atom. The lowest BCUT2D eigenvalue weighted by molar-refractivity contribution is 0.0903. The summed E-state index contributed by atoms with van der Waals surface area (Å²) in [7, 11) is 1.94. The van der Waals surface area contributed by atoms with Crippen LogP contribution in [0.2, 0.25) is 0 Å². The van der Waals surface area contributed by atoms with E-state index in [9.17, 15) is 0 Å². The molecule has 0 spiro atoms. The van der Waals surface area contributed by atoms with Gasteiger partial charge in [-0.25, -0.2) is 0 Å². The highest BCUT2D eigenvalue weighted by Crippen LogP contribution is 2.33. The van der Waals surface area contributed by atoms with Crippen molar-refractivity contribution in [2.75, 3.05) is 13.2 Å². The standard InChI is InChI=1S/C19H23N3O2/c1-13-3-4-18-15(7-13)8-17(24-18)11-20-9-14-5-6-23-19(14)16-10-21-22(2)12-16/h3-4,7-8,10,12,14,19-20H,5-6,9,11H2,1-2H3/t14-,19+/m0/s1. The van der Waals surface area contributed by atoms with E-state index >= 15 is 0 Å². The van der Waals surface area contributed by atoms with E-state index in [-0.39, 0.29) is 6.10 Å². The fraction of sp³-hybridized carbons (Fsp3) is 0.421. The quantitative estimate of drug-likeness (QED) is 0.782. The molecule has 1 aliphatic rings. The third-order valence-electron chi connectivity index (χ3n) is 4.70. The molecule has 1 aliphatic heterocycles. The van der Waals surface area contributed by atoms with Crippen molar-refractivity contribution in [1.82, 2.24) is 15.1 Å². The van der Waals surface area contributed by atoms with Crippen molar-refractivity contribution in [3.05, 3.63) is 53.5 Å². The van der Waals surface area contributed by atoms with E-state index < -0.39 is 0 Å². The molecule has 1 saturated heterocycles. The molecule has 1 aromatic carbocycles. The number of nitrogens with one attached hydrogen (secondary N) is 1. The van der Waals surface area contributed by atoms with Crippen LogP contribution in [0.15, 0.2) is 41.1 Å². The molecule has 0 saturated carbocycles. The highest BCUT2D eigenvalue weighted by molar-refractivity contribution is 5.78. The first-order valence-corrected chi connectivity index (χ1v) is 8.49. The van der Waals surface area contributed by atoms with Crippen LogP contribution in [0.1, 0.15) is 29.4 Å². The zero-order valence-corrected chi connectivity index (χ0v) is 14.2. The lowest BCUT2D eigenvalue weighted by Crippen LogP contribution is -2.24. The predicted molar refractivity (Wildman–Crippen MR) is 92.7 cm³/mol. The van der Waals surface area contributed by atoms with Crippen LogP contribution >= 0.6 is 0 Å². The molecule has 0 radical (unpaired) electrons. The monoisotopic (exact) mass is 325 g/mol. The number of nitrogens with zero attached hydrogens (tertiary/aromatic N) is 2. The van der Waals surface area contributed by atoms with E-state index in [0.29, 0.717) is 5.92 Å². The number of ether oxygens (including phenoxy) is 1. The topological polar surface area (TPSA) is 52.2 Å². The van der Waals surface area contributed by atoms with Crippen LogP contribution in [0.25, 0.3) is 11.0 Å². The summed E-state index contributed by atoms with van der Waals surface area (Å²) in [5, 5.41) is 8.95. The van der Waals surface area contributed by atoms with Gasteiger partial charge in [0, 0.05) is 43.3 Å². The molecular formula is C19H23N3O2. The SMILES string of the molecule is Cc1ccc2oc(CNC[C@@H]3CCO[C@H]3c3cnn(C)c3)cc2c1. The minimum atomic E-state index is 0.143. The van der Waals surface area contributed by atoms with E-state index in [1.807, 2.05) is 30.2 Å². The molecule has 2 aromatic heterocycles. The van der Waals surface area contributed by atoms with Crippen molar-refractivity contribution < 1.29 is 9.15 Å². The average Bonchev–Trinajstić information content (AvgIpc) is 3.26. The van der Waals surface area contributed by atoms with Gasteiger partial charge in [-0.3, -0.25) is 4.68 Å². The molecule has 2 atom stereocenters. The van der Waals surface area contributed by atoms with Crippen LogP contribution in [0.5, 0.6) is 0 Å². The van der Waals surface area contributed by atoms with Gasteiger partial charge in [-0.15, -0.1) is 0 Å². The summed E-state index contributed by atoms with van der Waals surface area (Å²) in [5.74, 6) is 1.45. The van der Waals surface area contributed by atoms with Gasteiger partial charge < -0.3 is 14.5 Å². The first-order chi connectivity index (χ1) is 11.7. The molecule has 4 rings (SSSR count). The second-order valence-corrected chi connectivity index (χ2v) is 6.67. The van der Waals surface area contributed by atoms with Crippen LogP contribution < -0.4 is 5.32 Å². The van der Waals surface area contributed by atoms with Crippen LogP contribution in [0, 0.1) is 12.8 Å². The first-order valence-electron chi connectivity index (χ1n) is 8.49. The molecule has 1 fully saturated rings. The second kappa shape index (κ2) is 6.42. The van der Waals surface area contributed by atoms with Gasteiger partial charge in [0.15, 0.2) is 0 Å². The maximum Gasteiger partial charge on any atom is 0.134 e. The Bertz CT molecular complexity index is 836. The van der Waals surface area contributed by atoms with Gasteiger partial charge >= 0.3 is 0 Å². The Labute approximate surface area is 141 Å². The number of hydrogen-bond donors (Lipinski definition) is 1. The average molecular weight is 325 g/mol. The van der Waals surface area contributed by atoms with Crippen molar-refractivity contribution in [2.45, 2.75) is 26.0 Å².